The van der Waals surface area contributed by atoms with E-state index in [1.54, 1.807) is 0 Å². The lowest BCUT2D eigenvalue weighted by Crippen LogP contribution is -2.31. The van der Waals surface area contributed by atoms with Crippen molar-refractivity contribution in [3.8, 4) is 0 Å². The van der Waals surface area contributed by atoms with Gasteiger partial charge in [0.15, 0.2) is 0 Å². The van der Waals surface area contributed by atoms with Gasteiger partial charge in [0.25, 0.3) is 0 Å². The van der Waals surface area contributed by atoms with E-state index in [0.717, 1.165) is 31.7 Å². The van der Waals surface area contributed by atoms with Crippen molar-refractivity contribution in [3.63, 3.8) is 0 Å². The molecule has 0 aliphatic carbocycles. The van der Waals surface area contributed by atoms with E-state index in [2.05, 4.69) is 71.5 Å². The van der Waals surface area contributed by atoms with Crippen LogP contribution in [0.15, 0.2) is 85.1 Å². The van der Waals surface area contributed by atoms with Crippen LogP contribution >= 0.6 is 0 Å². The van der Waals surface area contributed by atoms with E-state index in [4.69, 9.17) is 4.84 Å². The molecule has 27 heavy (non-hydrogen) atoms. The summed E-state index contributed by atoms with van der Waals surface area (Å²) in [6.07, 6.45) is 2.76. The van der Waals surface area contributed by atoms with Crippen molar-refractivity contribution in [3.05, 3.63) is 102 Å². The van der Waals surface area contributed by atoms with Gasteiger partial charge in [-0.15, -0.1) is 0 Å². The Morgan fingerprint density at radius 1 is 0.778 bits per heavy atom. The Morgan fingerprint density at radius 2 is 1.37 bits per heavy atom. The zero-order chi connectivity index (χ0) is 18.7. The van der Waals surface area contributed by atoms with Gasteiger partial charge in [0.1, 0.15) is 6.73 Å². The zero-order valence-electron chi connectivity index (χ0n) is 15.9. The van der Waals surface area contributed by atoms with Gasteiger partial charge >= 0.3 is 0 Å². The molecule has 0 fully saturated rings. The quantitative estimate of drug-likeness (QED) is 0.401. The lowest BCUT2D eigenvalue weighted by molar-refractivity contribution is -0.201. The normalized spacial score (nSPS) is 11.2. The fourth-order valence-electron chi connectivity index (χ4n) is 2.82. The average Bonchev–Trinajstić information content (AvgIpc) is 2.73. The number of hydrogen-bond acceptors (Lipinski definition) is 4. The third-order valence-electron chi connectivity index (χ3n) is 4.34. The molecule has 0 N–H and O–H groups in total. The van der Waals surface area contributed by atoms with Crippen LogP contribution in [0.5, 0.6) is 0 Å². The molecule has 0 saturated heterocycles. The Hall–Kier alpha value is -2.53. The first kappa shape index (κ1) is 19.2. The van der Waals surface area contributed by atoms with Crippen LogP contribution in [0.25, 0.3) is 0 Å². The third kappa shape index (κ3) is 6.94. The molecule has 4 heteroatoms. The highest BCUT2D eigenvalue weighted by molar-refractivity contribution is 5.16. The van der Waals surface area contributed by atoms with Gasteiger partial charge in [0.2, 0.25) is 0 Å². The number of aromatic nitrogens is 1. The highest BCUT2D eigenvalue weighted by atomic mass is 16.7. The van der Waals surface area contributed by atoms with Crippen LogP contribution in [0.2, 0.25) is 0 Å². The van der Waals surface area contributed by atoms with E-state index in [-0.39, 0.29) is 0 Å². The van der Waals surface area contributed by atoms with Crippen molar-refractivity contribution in [2.45, 2.75) is 19.5 Å². The van der Waals surface area contributed by atoms with Crippen molar-refractivity contribution >= 4 is 0 Å². The summed E-state index contributed by atoms with van der Waals surface area (Å²) < 4.78 is 0. The Morgan fingerprint density at radius 3 is 1.93 bits per heavy atom. The zero-order valence-corrected chi connectivity index (χ0v) is 15.9. The summed E-state index contributed by atoms with van der Waals surface area (Å²) in [4.78, 5) is 12.7. The largest absolute Gasteiger partial charge is 0.283 e. The molecule has 0 unspecified atom stereocenters. The SMILES string of the molecule is CN(CCc1ccccn1)CON(Cc1ccccc1)Cc1ccccc1. The van der Waals surface area contributed by atoms with Gasteiger partial charge in [-0.1, -0.05) is 66.7 Å². The number of benzene rings is 2. The van der Waals surface area contributed by atoms with E-state index in [9.17, 15) is 0 Å². The molecule has 3 aromatic rings. The summed E-state index contributed by atoms with van der Waals surface area (Å²) in [7, 11) is 2.08. The highest BCUT2D eigenvalue weighted by Gasteiger charge is 2.10. The van der Waals surface area contributed by atoms with E-state index >= 15 is 0 Å². The van der Waals surface area contributed by atoms with E-state index in [0.29, 0.717) is 6.73 Å². The minimum Gasteiger partial charge on any atom is -0.283 e. The van der Waals surface area contributed by atoms with Gasteiger partial charge in [-0.3, -0.25) is 14.7 Å². The van der Waals surface area contributed by atoms with Crippen LogP contribution in [0.3, 0.4) is 0 Å². The monoisotopic (exact) mass is 361 g/mol. The van der Waals surface area contributed by atoms with Crippen LogP contribution in [0.1, 0.15) is 16.8 Å². The maximum atomic E-state index is 6.14. The topological polar surface area (TPSA) is 28.6 Å². The average molecular weight is 361 g/mol. The summed E-state index contributed by atoms with van der Waals surface area (Å²) in [5.74, 6) is 0. The fourth-order valence-corrected chi connectivity index (χ4v) is 2.82. The first-order valence-corrected chi connectivity index (χ1v) is 9.34. The summed E-state index contributed by atoms with van der Waals surface area (Å²) in [6, 6.07) is 26.9. The Bertz CT molecular complexity index is 724. The molecule has 0 amide bonds. The van der Waals surface area contributed by atoms with Gasteiger partial charge in [-0.25, -0.2) is 0 Å². The van der Waals surface area contributed by atoms with Crippen molar-refractivity contribution in [2.75, 3.05) is 20.3 Å². The second-order valence-corrected chi connectivity index (χ2v) is 6.68. The molecule has 3 rings (SSSR count). The van der Waals surface area contributed by atoms with Crippen LogP contribution < -0.4 is 0 Å². The van der Waals surface area contributed by atoms with Gasteiger partial charge in [0, 0.05) is 37.9 Å². The smallest absolute Gasteiger partial charge is 0.121 e. The molecule has 0 spiro atoms. The predicted molar refractivity (Wildman–Crippen MR) is 109 cm³/mol. The molecule has 4 nitrogen and oxygen atoms in total. The third-order valence-corrected chi connectivity index (χ3v) is 4.34. The molecule has 2 aromatic carbocycles. The molecular weight excluding hydrogens is 334 g/mol. The van der Waals surface area contributed by atoms with E-state index in [1.165, 1.54) is 11.1 Å². The Labute approximate surface area is 162 Å². The number of pyridine rings is 1. The Kier molecular flexibility index (Phi) is 7.54. The number of likely N-dealkylation sites (N-methyl/N-ethyl adjacent to an activating group) is 1. The van der Waals surface area contributed by atoms with Gasteiger partial charge < -0.3 is 0 Å². The molecule has 0 bridgehead atoms. The molecule has 0 aliphatic rings. The van der Waals surface area contributed by atoms with Crippen molar-refractivity contribution in [1.82, 2.24) is 14.9 Å². The summed E-state index contributed by atoms with van der Waals surface area (Å²) in [6.45, 7) is 2.96. The molecule has 0 radical (unpaired) electrons. The van der Waals surface area contributed by atoms with Crippen molar-refractivity contribution < 1.29 is 4.84 Å². The Balaban J connectivity index is 1.53. The first-order valence-electron chi connectivity index (χ1n) is 9.34. The molecule has 0 saturated carbocycles. The van der Waals surface area contributed by atoms with Crippen molar-refractivity contribution in [2.24, 2.45) is 0 Å². The highest BCUT2D eigenvalue weighted by Crippen LogP contribution is 2.11. The van der Waals surface area contributed by atoms with Crippen LogP contribution in [0, 0.1) is 0 Å². The molecule has 1 heterocycles. The summed E-state index contributed by atoms with van der Waals surface area (Å²) in [5.41, 5.74) is 3.59. The lowest BCUT2D eigenvalue weighted by atomic mass is 10.2. The lowest BCUT2D eigenvalue weighted by Gasteiger charge is -2.25. The van der Waals surface area contributed by atoms with E-state index < -0.39 is 0 Å². The molecule has 1 aromatic heterocycles. The number of rotatable bonds is 10. The van der Waals surface area contributed by atoms with Crippen LogP contribution in [-0.2, 0) is 24.3 Å². The fraction of sp³-hybridized carbons (Fsp3) is 0.261. The van der Waals surface area contributed by atoms with Crippen LogP contribution in [-0.4, -0.2) is 35.3 Å². The molecule has 0 aliphatic heterocycles. The van der Waals surface area contributed by atoms with Gasteiger partial charge in [-0.05, 0) is 30.3 Å². The first-order chi connectivity index (χ1) is 13.3. The second kappa shape index (κ2) is 10.6. The van der Waals surface area contributed by atoms with Gasteiger partial charge in [0.05, 0.1) is 0 Å². The van der Waals surface area contributed by atoms with E-state index in [1.807, 2.05) is 35.5 Å². The molecule has 140 valence electrons. The van der Waals surface area contributed by atoms with Crippen molar-refractivity contribution in [1.29, 1.82) is 0 Å². The standard InChI is InChI=1S/C23H27N3O/c1-25(17-15-23-14-8-9-16-24-23)20-27-26(18-21-10-4-2-5-11-21)19-22-12-6-3-7-13-22/h2-14,16H,15,17-20H2,1H3. The number of hydrogen-bond donors (Lipinski definition) is 0. The number of hydroxylamine groups is 2. The maximum Gasteiger partial charge on any atom is 0.121 e. The molecule has 0 atom stereocenters. The molecular formula is C23H27N3O. The van der Waals surface area contributed by atoms with Gasteiger partial charge in [-0.2, -0.15) is 5.06 Å². The summed E-state index contributed by atoms with van der Waals surface area (Å²) >= 11 is 0. The predicted octanol–water partition coefficient (Wildman–Crippen LogP) is 4.15. The number of nitrogens with zero attached hydrogens (tertiary/aromatic N) is 3. The minimum atomic E-state index is 0.548. The summed E-state index contributed by atoms with van der Waals surface area (Å²) in [5, 5.41) is 2.03. The minimum absolute atomic E-state index is 0.548. The van der Waals surface area contributed by atoms with Crippen LogP contribution in [0.4, 0.5) is 0 Å². The maximum absolute atomic E-state index is 6.14. The second-order valence-electron chi connectivity index (χ2n) is 6.68.